The van der Waals surface area contributed by atoms with Crippen LogP contribution in [0.2, 0.25) is 0 Å². The Labute approximate surface area is 156 Å². The van der Waals surface area contributed by atoms with Gasteiger partial charge in [0.1, 0.15) is 10.8 Å². The number of nitrogens with zero attached hydrogens (tertiary/aromatic N) is 3. The third-order valence-electron chi connectivity index (χ3n) is 5.30. The van der Waals surface area contributed by atoms with Gasteiger partial charge < -0.3 is 4.90 Å². The fraction of sp³-hybridized carbons (Fsp3) is 0.471. The third-order valence-corrected chi connectivity index (χ3v) is 8.82. The summed E-state index contributed by atoms with van der Waals surface area (Å²) in [5.74, 6) is 0.502. The highest BCUT2D eigenvalue weighted by atomic mass is 32.2. The number of amides is 2. The Morgan fingerprint density at radius 2 is 2.08 bits per heavy atom. The number of pyridine rings is 1. The molecule has 0 aromatic carbocycles. The monoisotopic (exact) mass is 392 g/mol. The van der Waals surface area contributed by atoms with Gasteiger partial charge in [0.15, 0.2) is 9.84 Å². The second kappa shape index (κ2) is 6.62. The van der Waals surface area contributed by atoms with Crippen molar-refractivity contribution in [2.45, 2.75) is 30.4 Å². The highest BCUT2D eigenvalue weighted by Gasteiger charge is 2.49. The summed E-state index contributed by atoms with van der Waals surface area (Å²) in [6.45, 7) is 0.690. The number of hydrogen-bond acceptors (Lipinski definition) is 6. The molecule has 2 aromatic heterocycles. The standard InChI is InChI=1S/C17H20N4O3S2/c22-16(20-14-12-25-15(19-14)13-4-1-2-8-18-13)21-9-7-17(5-3-6-17)26(23,24)11-10-21/h1-2,4,8,12H,3,5-7,9-11H2,(H,20,22). The van der Waals surface area contributed by atoms with Crippen LogP contribution in [0.25, 0.3) is 10.7 Å². The molecule has 138 valence electrons. The van der Waals surface area contributed by atoms with Crippen molar-refractivity contribution in [3.63, 3.8) is 0 Å². The first-order valence-corrected chi connectivity index (χ1v) is 11.2. The molecule has 26 heavy (non-hydrogen) atoms. The smallest absolute Gasteiger partial charge is 0.323 e. The van der Waals surface area contributed by atoms with Crippen LogP contribution in [0.3, 0.4) is 0 Å². The van der Waals surface area contributed by atoms with Gasteiger partial charge in [0, 0.05) is 24.7 Å². The number of rotatable bonds is 2. The predicted molar refractivity (Wildman–Crippen MR) is 101 cm³/mol. The zero-order valence-electron chi connectivity index (χ0n) is 14.2. The molecular formula is C17H20N4O3S2. The highest BCUT2D eigenvalue weighted by molar-refractivity contribution is 7.92. The molecule has 7 nitrogen and oxygen atoms in total. The lowest BCUT2D eigenvalue weighted by Gasteiger charge is -2.39. The van der Waals surface area contributed by atoms with Gasteiger partial charge >= 0.3 is 6.03 Å². The van der Waals surface area contributed by atoms with Gasteiger partial charge in [-0.1, -0.05) is 12.5 Å². The molecular weight excluding hydrogens is 372 g/mol. The summed E-state index contributed by atoms with van der Waals surface area (Å²) in [6, 6.07) is 5.29. The highest BCUT2D eigenvalue weighted by Crippen LogP contribution is 2.43. The average Bonchev–Trinajstić information content (AvgIpc) is 2.99. The fourth-order valence-electron chi connectivity index (χ4n) is 3.51. The summed E-state index contributed by atoms with van der Waals surface area (Å²) in [4.78, 5) is 22.8. The lowest BCUT2D eigenvalue weighted by Crippen LogP contribution is -2.46. The molecule has 1 aliphatic carbocycles. The van der Waals surface area contributed by atoms with E-state index in [-0.39, 0.29) is 18.3 Å². The summed E-state index contributed by atoms with van der Waals surface area (Å²) < 4.78 is 24.4. The maximum absolute atomic E-state index is 12.6. The zero-order valence-corrected chi connectivity index (χ0v) is 15.9. The Bertz CT molecular complexity index is 907. The van der Waals surface area contributed by atoms with Crippen molar-refractivity contribution in [2.75, 3.05) is 24.2 Å². The molecule has 3 heterocycles. The van der Waals surface area contributed by atoms with Crippen molar-refractivity contribution in [3.05, 3.63) is 29.8 Å². The first kappa shape index (κ1) is 17.4. The van der Waals surface area contributed by atoms with E-state index in [4.69, 9.17) is 0 Å². The zero-order chi connectivity index (χ0) is 18.2. The van der Waals surface area contributed by atoms with Gasteiger partial charge in [-0.2, -0.15) is 0 Å². The largest absolute Gasteiger partial charge is 0.323 e. The summed E-state index contributed by atoms with van der Waals surface area (Å²) >= 11 is 1.40. The van der Waals surface area contributed by atoms with Crippen molar-refractivity contribution >= 4 is 33.0 Å². The van der Waals surface area contributed by atoms with Gasteiger partial charge in [-0.25, -0.2) is 18.2 Å². The van der Waals surface area contributed by atoms with Crippen LogP contribution in [0, 0.1) is 0 Å². The lowest BCUT2D eigenvalue weighted by atomic mass is 9.81. The van der Waals surface area contributed by atoms with Crippen LogP contribution in [0.15, 0.2) is 29.8 Å². The van der Waals surface area contributed by atoms with E-state index in [2.05, 4.69) is 15.3 Å². The van der Waals surface area contributed by atoms with Gasteiger partial charge in [-0.05, 0) is 31.4 Å². The second-order valence-corrected chi connectivity index (χ2v) is 10.1. The maximum atomic E-state index is 12.6. The Hall–Kier alpha value is -2.00. The van der Waals surface area contributed by atoms with Crippen LogP contribution in [0.1, 0.15) is 25.7 Å². The molecule has 0 bridgehead atoms. The first-order chi connectivity index (χ1) is 12.5. The molecule has 2 aromatic rings. The molecule has 2 fully saturated rings. The maximum Gasteiger partial charge on any atom is 0.323 e. The SMILES string of the molecule is O=C(Nc1csc(-c2ccccn2)n1)N1CCC2(CCC2)S(=O)(=O)CC1. The normalized spacial score (nSPS) is 21.0. The summed E-state index contributed by atoms with van der Waals surface area (Å²) in [5.41, 5.74) is 0.755. The lowest BCUT2D eigenvalue weighted by molar-refractivity contribution is 0.209. The minimum Gasteiger partial charge on any atom is -0.323 e. The van der Waals surface area contributed by atoms with Crippen molar-refractivity contribution < 1.29 is 13.2 Å². The number of nitrogens with one attached hydrogen (secondary N) is 1. The quantitative estimate of drug-likeness (QED) is 0.848. The molecule has 1 N–H and O–H groups in total. The number of urea groups is 1. The Morgan fingerprint density at radius 1 is 1.23 bits per heavy atom. The number of anilines is 1. The molecule has 4 rings (SSSR count). The minimum atomic E-state index is -3.14. The topological polar surface area (TPSA) is 92.3 Å². The molecule has 0 unspecified atom stereocenters. The van der Waals surface area contributed by atoms with Gasteiger partial charge in [0.2, 0.25) is 0 Å². The molecule has 2 aliphatic rings. The van der Waals surface area contributed by atoms with E-state index in [9.17, 15) is 13.2 Å². The second-order valence-electron chi connectivity index (χ2n) is 6.78. The van der Waals surface area contributed by atoms with E-state index in [1.165, 1.54) is 11.3 Å². The molecule has 1 aliphatic heterocycles. The van der Waals surface area contributed by atoms with Crippen molar-refractivity contribution in [3.8, 4) is 10.7 Å². The molecule has 9 heteroatoms. The van der Waals surface area contributed by atoms with E-state index in [1.54, 1.807) is 16.5 Å². The average molecular weight is 393 g/mol. The van der Waals surface area contributed by atoms with Crippen LogP contribution >= 0.6 is 11.3 Å². The molecule has 1 spiro atoms. The van der Waals surface area contributed by atoms with Crippen molar-refractivity contribution in [1.29, 1.82) is 0 Å². The minimum absolute atomic E-state index is 0.0384. The predicted octanol–water partition coefficient (Wildman–Crippen LogP) is 2.78. The number of sulfone groups is 1. The summed E-state index contributed by atoms with van der Waals surface area (Å²) in [6.07, 6.45) is 4.64. The van der Waals surface area contributed by atoms with Gasteiger partial charge in [-0.15, -0.1) is 11.3 Å². The molecule has 1 saturated carbocycles. The van der Waals surface area contributed by atoms with Crippen LogP contribution in [0.4, 0.5) is 10.6 Å². The molecule has 2 amide bonds. The summed E-state index contributed by atoms with van der Waals surface area (Å²) in [7, 11) is -3.14. The first-order valence-electron chi connectivity index (χ1n) is 8.64. The number of thiazole rings is 1. The fourth-order valence-corrected chi connectivity index (χ4v) is 6.45. The van der Waals surface area contributed by atoms with Crippen LogP contribution in [-0.2, 0) is 9.84 Å². The van der Waals surface area contributed by atoms with E-state index >= 15 is 0 Å². The van der Waals surface area contributed by atoms with Gasteiger partial charge in [-0.3, -0.25) is 10.3 Å². The van der Waals surface area contributed by atoms with E-state index < -0.39 is 14.6 Å². The van der Waals surface area contributed by atoms with E-state index in [0.717, 1.165) is 30.0 Å². The van der Waals surface area contributed by atoms with Crippen LogP contribution < -0.4 is 5.32 Å². The molecule has 1 saturated heterocycles. The van der Waals surface area contributed by atoms with E-state index in [0.29, 0.717) is 18.8 Å². The third kappa shape index (κ3) is 3.09. The van der Waals surface area contributed by atoms with Crippen molar-refractivity contribution in [1.82, 2.24) is 14.9 Å². The summed E-state index contributed by atoms with van der Waals surface area (Å²) in [5, 5.41) is 5.28. The number of hydrogen-bond donors (Lipinski definition) is 1. The Morgan fingerprint density at radius 3 is 2.77 bits per heavy atom. The Balaban J connectivity index is 1.43. The van der Waals surface area contributed by atoms with Crippen molar-refractivity contribution in [2.24, 2.45) is 0 Å². The molecule has 0 radical (unpaired) electrons. The van der Waals surface area contributed by atoms with Gasteiger partial charge in [0.05, 0.1) is 16.2 Å². The van der Waals surface area contributed by atoms with Gasteiger partial charge in [0.25, 0.3) is 0 Å². The number of aromatic nitrogens is 2. The Kier molecular flexibility index (Phi) is 4.44. The van der Waals surface area contributed by atoms with E-state index in [1.807, 2.05) is 18.2 Å². The number of carbonyl (C=O) groups is 1. The molecule has 0 atom stereocenters. The van der Waals surface area contributed by atoms with Crippen LogP contribution in [0.5, 0.6) is 0 Å². The van der Waals surface area contributed by atoms with Crippen LogP contribution in [-0.4, -0.2) is 52.9 Å². The number of carbonyl (C=O) groups excluding carboxylic acids is 1.